The number of halogens is 2. The van der Waals surface area contributed by atoms with Gasteiger partial charge in [0, 0.05) is 0 Å². The number of hydrogen-bond acceptors (Lipinski definition) is 0. The SMILES string of the molecule is CC(C)(C)c1cc2c([c-]c1-c1ccccc1-c1ccc3c(ccc4ccccc43)c1)Cc1cc(-c3ccccc3-c3ccc4c(ccc5ccccc54)c3)c(C(C)(C)C)cc1-2.[Cl-].[Cl-].[Zr+3]. The van der Waals surface area contributed by atoms with Gasteiger partial charge in [-0.2, -0.15) is 0 Å². The smallest absolute Gasteiger partial charge is 1.00 e. The minimum Gasteiger partial charge on any atom is -1.00 e. The van der Waals surface area contributed by atoms with Crippen LogP contribution in [0, 0.1) is 6.07 Å². The zero-order valence-corrected chi connectivity index (χ0v) is 41.2. The summed E-state index contributed by atoms with van der Waals surface area (Å²) < 4.78 is 0. The van der Waals surface area contributed by atoms with Gasteiger partial charge in [0.2, 0.25) is 0 Å². The van der Waals surface area contributed by atoms with E-state index in [4.69, 9.17) is 0 Å². The first kappa shape index (κ1) is 45.3. The van der Waals surface area contributed by atoms with E-state index in [1.807, 2.05) is 0 Å². The molecule has 0 aromatic heterocycles. The Bertz CT molecular complexity index is 3190. The first-order valence-electron chi connectivity index (χ1n) is 21.8. The molecular weight excluding hydrogens is 895 g/mol. The third kappa shape index (κ3) is 7.75. The van der Waals surface area contributed by atoms with E-state index < -0.39 is 0 Å². The van der Waals surface area contributed by atoms with Crippen LogP contribution in [-0.2, 0) is 43.5 Å². The Morgan fingerprint density at radius 2 is 0.797 bits per heavy atom. The van der Waals surface area contributed by atoms with E-state index in [0.717, 1.165) is 6.42 Å². The van der Waals surface area contributed by atoms with Crippen molar-refractivity contribution in [3.8, 4) is 55.6 Å². The molecule has 1 aliphatic carbocycles. The van der Waals surface area contributed by atoms with Gasteiger partial charge in [0.1, 0.15) is 0 Å². The molecule has 0 spiro atoms. The van der Waals surface area contributed by atoms with Gasteiger partial charge < -0.3 is 24.8 Å². The molecule has 311 valence electrons. The van der Waals surface area contributed by atoms with Crippen LogP contribution in [0.1, 0.15) is 63.8 Å². The fourth-order valence-corrected chi connectivity index (χ4v) is 10.1. The van der Waals surface area contributed by atoms with Crippen LogP contribution in [0.4, 0.5) is 0 Å². The summed E-state index contributed by atoms with van der Waals surface area (Å²) in [6.45, 7) is 14.1. The predicted molar refractivity (Wildman–Crippen MR) is 263 cm³/mol. The molecule has 0 saturated heterocycles. The van der Waals surface area contributed by atoms with Crippen molar-refractivity contribution in [1.29, 1.82) is 0 Å². The summed E-state index contributed by atoms with van der Waals surface area (Å²) in [7, 11) is 0. The van der Waals surface area contributed by atoms with Crippen LogP contribution in [0.5, 0.6) is 0 Å². The van der Waals surface area contributed by atoms with Gasteiger partial charge in [-0.05, 0) is 111 Å². The van der Waals surface area contributed by atoms with Crippen LogP contribution in [0.25, 0.3) is 98.7 Å². The molecule has 0 aliphatic heterocycles. The number of rotatable bonds is 4. The van der Waals surface area contributed by atoms with Crippen LogP contribution in [0.15, 0.2) is 176 Å². The van der Waals surface area contributed by atoms with Crippen molar-refractivity contribution in [1.82, 2.24) is 0 Å². The molecule has 0 unspecified atom stereocenters. The normalized spacial score (nSPS) is 12.1. The quantitative estimate of drug-likeness (QED) is 0.122. The van der Waals surface area contributed by atoms with Gasteiger partial charge in [0.25, 0.3) is 0 Å². The molecule has 0 nitrogen and oxygen atoms in total. The number of fused-ring (bicyclic) bond motifs is 9. The van der Waals surface area contributed by atoms with E-state index >= 15 is 0 Å². The van der Waals surface area contributed by atoms with Gasteiger partial charge >= 0.3 is 26.2 Å². The van der Waals surface area contributed by atoms with Crippen molar-refractivity contribution in [3.63, 3.8) is 0 Å². The van der Waals surface area contributed by atoms with Crippen molar-refractivity contribution in [3.05, 3.63) is 204 Å². The molecule has 0 heterocycles. The summed E-state index contributed by atoms with van der Waals surface area (Å²) in [5.74, 6) is 0. The Morgan fingerprint density at radius 1 is 0.359 bits per heavy atom. The second kappa shape index (κ2) is 17.3. The van der Waals surface area contributed by atoms with Crippen molar-refractivity contribution in [2.45, 2.75) is 58.8 Å². The van der Waals surface area contributed by atoms with Crippen LogP contribution < -0.4 is 24.8 Å². The molecule has 0 amide bonds. The maximum Gasteiger partial charge on any atom is 3.00 e. The second-order valence-electron chi connectivity index (χ2n) is 19.2. The first-order valence-corrected chi connectivity index (χ1v) is 21.8. The largest absolute Gasteiger partial charge is 3.00 e. The van der Waals surface area contributed by atoms with E-state index in [0.29, 0.717) is 0 Å². The second-order valence-corrected chi connectivity index (χ2v) is 19.2. The third-order valence-electron chi connectivity index (χ3n) is 13.2. The van der Waals surface area contributed by atoms with E-state index in [2.05, 4.69) is 224 Å². The third-order valence-corrected chi connectivity index (χ3v) is 13.2. The standard InChI is InChI=1S/C61H49.2ClH.Zr/c1-60(2,3)58-36-54-44(34-56(58)52-21-13-11-19-48(52)42-27-29-50-40(31-42)25-23-38-15-7-9-17-46(38)50)33-45-35-57(59(37-55(45)54)61(4,5)6)53-22-14-12-20-49(53)43-28-30-51-41(32-43)26-24-39-16-8-10-18-47(39)51;;;/h7-32,34,36-37H,33H2,1-6H3;2*1H;/q-1;;;+3/p-2. The monoisotopic (exact) mass is 941 g/mol. The minimum absolute atomic E-state index is 0. The molecule has 10 aromatic carbocycles. The average molecular weight is 944 g/mol. The van der Waals surface area contributed by atoms with Crippen molar-refractivity contribution in [2.24, 2.45) is 0 Å². The summed E-state index contributed by atoms with van der Waals surface area (Å²) in [6.07, 6.45) is 0.857. The van der Waals surface area contributed by atoms with Crippen LogP contribution in [0.3, 0.4) is 0 Å². The molecule has 3 heteroatoms. The summed E-state index contributed by atoms with van der Waals surface area (Å²) in [6, 6.07) is 70.0. The molecule has 0 saturated carbocycles. The average Bonchev–Trinajstić information content (AvgIpc) is 3.63. The molecule has 1 aliphatic rings. The Morgan fingerprint density at radius 3 is 1.34 bits per heavy atom. The van der Waals surface area contributed by atoms with E-state index in [9.17, 15) is 0 Å². The first-order chi connectivity index (χ1) is 29.5. The Kier molecular flexibility index (Phi) is 12.2. The Hall–Kier alpha value is -5.30. The summed E-state index contributed by atoms with van der Waals surface area (Å²) >= 11 is 0. The molecule has 0 bridgehead atoms. The molecule has 0 N–H and O–H groups in total. The molecular formula is C61H49Cl2Zr. The molecule has 64 heavy (non-hydrogen) atoms. The molecule has 0 atom stereocenters. The zero-order valence-electron chi connectivity index (χ0n) is 37.2. The van der Waals surface area contributed by atoms with Gasteiger partial charge in [-0.1, -0.05) is 222 Å². The fraction of sp³-hybridized carbons (Fsp3) is 0.148. The fourth-order valence-electron chi connectivity index (χ4n) is 10.1. The number of benzene rings is 10. The van der Waals surface area contributed by atoms with Crippen molar-refractivity contribution >= 4 is 43.1 Å². The zero-order chi connectivity index (χ0) is 41.6. The predicted octanol–water partition coefficient (Wildman–Crippen LogP) is 10.9. The molecule has 0 fully saturated rings. The topological polar surface area (TPSA) is 0 Å². The molecule has 1 radical (unpaired) electrons. The van der Waals surface area contributed by atoms with Crippen LogP contribution in [0.2, 0.25) is 0 Å². The maximum atomic E-state index is 4.12. The van der Waals surface area contributed by atoms with Gasteiger partial charge in [-0.15, -0.1) is 28.8 Å². The summed E-state index contributed by atoms with van der Waals surface area (Å²) in [5, 5.41) is 10.3. The Labute approximate surface area is 409 Å². The summed E-state index contributed by atoms with van der Waals surface area (Å²) in [4.78, 5) is 0. The van der Waals surface area contributed by atoms with Gasteiger partial charge in [-0.3, -0.25) is 0 Å². The van der Waals surface area contributed by atoms with Gasteiger partial charge in [0.15, 0.2) is 0 Å². The van der Waals surface area contributed by atoms with Gasteiger partial charge in [-0.25, -0.2) is 0 Å². The van der Waals surface area contributed by atoms with E-state index in [1.165, 1.54) is 121 Å². The van der Waals surface area contributed by atoms with Crippen molar-refractivity contribution in [2.75, 3.05) is 0 Å². The number of hydrogen-bond donors (Lipinski definition) is 0. The van der Waals surface area contributed by atoms with Crippen LogP contribution >= 0.6 is 0 Å². The van der Waals surface area contributed by atoms with Crippen molar-refractivity contribution < 1.29 is 51.0 Å². The minimum atomic E-state index is -0.100. The van der Waals surface area contributed by atoms with E-state index in [-0.39, 0.29) is 61.8 Å². The Balaban J connectivity index is 0.00000187. The molecule has 10 aromatic rings. The molecule has 11 rings (SSSR count). The van der Waals surface area contributed by atoms with Crippen LogP contribution in [-0.4, -0.2) is 0 Å². The van der Waals surface area contributed by atoms with E-state index in [1.54, 1.807) is 0 Å². The summed E-state index contributed by atoms with van der Waals surface area (Å²) in [5.41, 5.74) is 17.9. The maximum absolute atomic E-state index is 4.12. The van der Waals surface area contributed by atoms with Gasteiger partial charge in [0.05, 0.1) is 0 Å².